The van der Waals surface area contributed by atoms with Crippen LogP contribution in [-0.2, 0) is 11.3 Å². The second-order valence-electron chi connectivity index (χ2n) is 7.72. The predicted octanol–water partition coefficient (Wildman–Crippen LogP) is 3.25. The maximum atomic E-state index is 12.9. The fourth-order valence-electron chi connectivity index (χ4n) is 4.18. The Morgan fingerprint density at radius 3 is 2.36 bits per heavy atom. The molecule has 1 aromatic rings. The van der Waals surface area contributed by atoms with Crippen molar-refractivity contribution >= 4 is 11.6 Å². The smallest absolute Gasteiger partial charge is 0.269 e. The largest absolute Gasteiger partial charge is 0.336 e. The molecule has 2 heterocycles. The van der Waals surface area contributed by atoms with Crippen molar-refractivity contribution in [3.8, 4) is 0 Å². The molecule has 2 unspecified atom stereocenters. The van der Waals surface area contributed by atoms with Crippen molar-refractivity contribution in [3.63, 3.8) is 0 Å². The summed E-state index contributed by atoms with van der Waals surface area (Å²) in [4.78, 5) is 25.1. The quantitative estimate of drug-likeness (QED) is 0.634. The van der Waals surface area contributed by atoms with Gasteiger partial charge in [-0.05, 0) is 51.0 Å². The van der Waals surface area contributed by atoms with Gasteiger partial charge in [-0.2, -0.15) is 0 Å². The number of nitrogens with one attached hydrogen (secondary N) is 1. The highest BCUT2D eigenvalue weighted by molar-refractivity contribution is 5.76. The van der Waals surface area contributed by atoms with Crippen LogP contribution in [0.25, 0.3) is 0 Å². The van der Waals surface area contributed by atoms with Gasteiger partial charge in [0.15, 0.2) is 0 Å². The van der Waals surface area contributed by atoms with Crippen molar-refractivity contribution in [2.75, 3.05) is 0 Å². The number of non-ortho nitro benzene ring substituents is 1. The van der Waals surface area contributed by atoms with Crippen molar-refractivity contribution in [1.82, 2.24) is 10.2 Å². The molecule has 0 aromatic heterocycles. The van der Waals surface area contributed by atoms with Gasteiger partial charge in [0.25, 0.3) is 5.69 Å². The standard InChI is InChI=1S/C19H27N3O3/c1-13(2)21(12-14-3-7-18(8-4-14)22(24)25)19(23)11-15-9-16-5-6-17(10-15)20-16/h3-4,7-8,13,15-17,20H,5-6,9-12H2,1-2H3. The second kappa shape index (κ2) is 7.52. The molecule has 2 aliphatic rings. The summed E-state index contributed by atoms with van der Waals surface area (Å²) in [5.74, 6) is 0.670. The van der Waals surface area contributed by atoms with Crippen molar-refractivity contribution in [2.24, 2.45) is 5.92 Å². The first-order valence-corrected chi connectivity index (χ1v) is 9.21. The van der Waals surface area contributed by atoms with E-state index < -0.39 is 4.92 Å². The first-order chi connectivity index (χ1) is 11.9. The summed E-state index contributed by atoms with van der Waals surface area (Å²) < 4.78 is 0. The monoisotopic (exact) mass is 345 g/mol. The average molecular weight is 345 g/mol. The summed E-state index contributed by atoms with van der Waals surface area (Å²) in [5, 5.41) is 14.4. The number of carbonyl (C=O) groups excluding carboxylic acids is 1. The molecule has 3 rings (SSSR count). The highest BCUT2D eigenvalue weighted by Crippen LogP contribution is 2.33. The second-order valence-corrected chi connectivity index (χ2v) is 7.72. The normalized spacial score (nSPS) is 25.2. The molecule has 1 amide bonds. The van der Waals surface area contributed by atoms with Crippen LogP contribution < -0.4 is 5.32 Å². The lowest BCUT2D eigenvalue weighted by Crippen LogP contribution is -2.42. The minimum absolute atomic E-state index is 0.0800. The van der Waals surface area contributed by atoms with Gasteiger partial charge in [0.2, 0.25) is 5.91 Å². The maximum Gasteiger partial charge on any atom is 0.269 e. The van der Waals surface area contributed by atoms with E-state index >= 15 is 0 Å². The number of carbonyl (C=O) groups is 1. The van der Waals surface area contributed by atoms with Gasteiger partial charge >= 0.3 is 0 Å². The molecule has 6 heteroatoms. The molecular formula is C19H27N3O3. The molecule has 0 spiro atoms. The van der Waals surface area contributed by atoms with Crippen LogP contribution in [0.15, 0.2) is 24.3 Å². The summed E-state index contributed by atoms with van der Waals surface area (Å²) in [6.45, 7) is 4.55. The van der Waals surface area contributed by atoms with Crippen molar-refractivity contribution in [2.45, 2.75) is 70.6 Å². The number of benzene rings is 1. The zero-order valence-corrected chi connectivity index (χ0v) is 15.0. The zero-order chi connectivity index (χ0) is 18.0. The van der Waals surface area contributed by atoms with Crippen LogP contribution in [0.5, 0.6) is 0 Å². The first kappa shape index (κ1) is 17.9. The lowest BCUT2D eigenvalue weighted by molar-refractivity contribution is -0.384. The third-order valence-corrected chi connectivity index (χ3v) is 5.48. The topological polar surface area (TPSA) is 75.5 Å². The minimum Gasteiger partial charge on any atom is -0.336 e. The number of nitro benzene ring substituents is 1. The molecule has 2 fully saturated rings. The van der Waals surface area contributed by atoms with Gasteiger partial charge in [0.1, 0.15) is 0 Å². The van der Waals surface area contributed by atoms with Gasteiger partial charge in [-0.15, -0.1) is 0 Å². The average Bonchev–Trinajstić information content (AvgIpc) is 2.91. The molecule has 2 bridgehead atoms. The summed E-state index contributed by atoms with van der Waals surface area (Å²) in [5.41, 5.74) is 1.01. The number of hydrogen-bond donors (Lipinski definition) is 1. The zero-order valence-electron chi connectivity index (χ0n) is 15.0. The number of amides is 1. The van der Waals surface area contributed by atoms with Gasteiger partial charge in [-0.1, -0.05) is 12.1 Å². The fourth-order valence-corrected chi connectivity index (χ4v) is 4.18. The number of rotatable bonds is 6. The lowest BCUT2D eigenvalue weighted by atomic mass is 9.89. The predicted molar refractivity (Wildman–Crippen MR) is 96.1 cm³/mol. The number of fused-ring (bicyclic) bond motifs is 2. The van der Waals surface area contributed by atoms with Crippen LogP contribution in [0.3, 0.4) is 0 Å². The van der Waals surface area contributed by atoms with Crippen molar-refractivity contribution in [1.29, 1.82) is 0 Å². The molecule has 2 saturated heterocycles. The van der Waals surface area contributed by atoms with Crippen LogP contribution in [0.1, 0.15) is 51.5 Å². The van der Waals surface area contributed by atoms with Gasteiger partial charge in [0.05, 0.1) is 4.92 Å². The molecule has 6 nitrogen and oxygen atoms in total. The molecule has 25 heavy (non-hydrogen) atoms. The van der Waals surface area contributed by atoms with Gasteiger partial charge in [-0.3, -0.25) is 14.9 Å². The number of nitro groups is 1. The summed E-state index contributed by atoms with van der Waals surface area (Å²) >= 11 is 0. The van der Waals surface area contributed by atoms with E-state index in [9.17, 15) is 14.9 Å². The van der Waals surface area contributed by atoms with E-state index in [0.29, 0.717) is 31.0 Å². The van der Waals surface area contributed by atoms with Crippen LogP contribution in [-0.4, -0.2) is 33.9 Å². The van der Waals surface area contributed by atoms with Gasteiger partial charge in [-0.25, -0.2) is 0 Å². The Balaban J connectivity index is 1.61. The molecular weight excluding hydrogens is 318 g/mol. The molecule has 136 valence electrons. The van der Waals surface area contributed by atoms with E-state index in [2.05, 4.69) is 5.32 Å². The molecule has 0 radical (unpaired) electrons. The third kappa shape index (κ3) is 4.37. The Morgan fingerprint density at radius 1 is 1.24 bits per heavy atom. The Hall–Kier alpha value is -1.95. The number of piperidine rings is 1. The van der Waals surface area contributed by atoms with E-state index in [1.165, 1.54) is 25.0 Å². The molecule has 0 aliphatic carbocycles. The summed E-state index contributed by atoms with van der Waals surface area (Å²) in [7, 11) is 0. The Labute approximate surface area is 148 Å². The Morgan fingerprint density at radius 2 is 1.84 bits per heavy atom. The summed E-state index contributed by atoms with van der Waals surface area (Å²) in [6.07, 6.45) is 5.30. The van der Waals surface area contributed by atoms with E-state index in [1.54, 1.807) is 12.1 Å². The minimum atomic E-state index is -0.402. The first-order valence-electron chi connectivity index (χ1n) is 9.21. The van der Waals surface area contributed by atoms with Crippen molar-refractivity contribution in [3.05, 3.63) is 39.9 Å². The number of nitrogens with zero attached hydrogens (tertiary/aromatic N) is 2. The third-order valence-electron chi connectivity index (χ3n) is 5.48. The number of hydrogen-bond acceptors (Lipinski definition) is 4. The summed E-state index contributed by atoms with van der Waals surface area (Å²) in [6, 6.07) is 7.79. The van der Waals surface area contributed by atoms with Crippen LogP contribution in [0, 0.1) is 16.0 Å². The van der Waals surface area contributed by atoms with E-state index in [-0.39, 0.29) is 17.6 Å². The van der Waals surface area contributed by atoms with E-state index in [4.69, 9.17) is 0 Å². The van der Waals surface area contributed by atoms with Crippen LogP contribution in [0.4, 0.5) is 5.69 Å². The lowest BCUT2D eigenvalue weighted by Gasteiger charge is -2.32. The molecule has 0 saturated carbocycles. The molecule has 2 atom stereocenters. The van der Waals surface area contributed by atoms with E-state index in [1.807, 2.05) is 18.7 Å². The van der Waals surface area contributed by atoms with Crippen LogP contribution in [0.2, 0.25) is 0 Å². The van der Waals surface area contributed by atoms with E-state index in [0.717, 1.165) is 18.4 Å². The van der Waals surface area contributed by atoms with Gasteiger partial charge in [0, 0.05) is 43.2 Å². The maximum absolute atomic E-state index is 12.9. The highest BCUT2D eigenvalue weighted by Gasteiger charge is 2.35. The molecule has 2 aliphatic heterocycles. The SMILES string of the molecule is CC(C)N(Cc1ccc([N+](=O)[O-])cc1)C(=O)CC1CC2CCC(C1)N2. The highest BCUT2D eigenvalue weighted by atomic mass is 16.6. The molecule has 1 aromatic carbocycles. The fraction of sp³-hybridized carbons (Fsp3) is 0.632. The Bertz CT molecular complexity index is 617. The van der Waals surface area contributed by atoms with Crippen molar-refractivity contribution < 1.29 is 9.72 Å². The van der Waals surface area contributed by atoms with Gasteiger partial charge < -0.3 is 10.2 Å². The molecule has 1 N–H and O–H groups in total. The van der Waals surface area contributed by atoms with Crippen LogP contribution >= 0.6 is 0 Å². The Kier molecular flexibility index (Phi) is 5.37.